The van der Waals surface area contributed by atoms with Gasteiger partial charge in [-0.3, -0.25) is 19.1 Å². The summed E-state index contributed by atoms with van der Waals surface area (Å²) >= 11 is 0. The van der Waals surface area contributed by atoms with Gasteiger partial charge in [0.2, 0.25) is 11.7 Å². The maximum absolute atomic E-state index is 13.4. The second-order valence-corrected chi connectivity index (χ2v) is 8.28. The van der Waals surface area contributed by atoms with Crippen molar-refractivity contribution in [1.29, 1.82) is 0 Å². The average Bonchev–Trinajstić information content (AvgIpc) is 2.85. The Hall–Kier alpha value is -3.43. The summed E-state index contributed by atoms with van der Waals surface area (Å²) in [6.45, 7) is 4.76. The highest BCUT2D eigenvalue weighted by atomic mass is 16.5. The summed E-state index contributed by atoms with van der Waals surface area (Å²) in [5.74, 6) is 1.23. The molecule has 0 aliphatic rings. The molecule has 1 aromatic heterocycles. The molecule has 1 heterocycles. The summed E-state index contributed by atoms with van der Waals surface area (Å²) in [7, 11) is 4.59. The highest BCUT2D eigenvalue weighted by molar-refractivity contribution is 5.95. The van der Waals surface area contributed by atoms with Crippen LogP contribution in [0.5, 0.6) is 17.2 Å². The Morgan fingerprint density at radius 3 is 2.17 bits per heavy atom. The van der Waals surface area contributed by atoms with Gasteiger partial charge in [0.1, 0.15) is 5.82 Å². The number of rotatable bonds is 14. The molecular formula is C25H38N4O6. The van der Waals surface area contributed by atoms with Gasteiger partial charge in [0, 0.05) is 19.5 Å². The van der Waals surface area contributed by atoms with E-state index in [1.807, 2.05) is 6.92 Å². The topological polar surface area (TPSA) is 129 Å². The number of carbonyl (C=O) groups is 1. The lowest BCUT2D eigenvalue weighted by Gasteiger charge is -2.25. The van der Waals surface area contributed by atoms with Crippen LogP contribution in [0.25, 0.3) is 0 Å². The first-order valence-corrected chi connectivity index (χ1v) is 12.0. The second kappa shape index (κ2) is 13.5. The zero-order chi connectivity index (χ0) is 26.0. The molecule has 2 rings (SSSR count). The summed E-state index contributed by atoms with van der Waals surface area (Å²) < 4.78 is 17.5. The first-order valence-electron chi connectivity index (χ1n) is 12.0. The molecule has 0 fully saturated rings. The van der Waals surface area contributed by atoms with E-state index in [9.17, 15) is 14.4 Å². The van der Waals surface area contributed by atoms with Gasteiger partial charge < -0.3 is 24.8 Å². The lowest BCUT2D eigenvalue weighted by molar-refractivity contribution is -0.118. The number of hydrogen-bond acceptors (Lipinski definition) is 7. The number of hydrogen-bond donors (Lipinski definition) is 2. The molecule has 0 saturated carbocycles. The highest BCUT2D eigenvalue weighted by Crippen LogP contribution is 2.38. The molecule has 0 aliphatic carbocycles. The van der Waals surface area contributed by atoms with Gasteiger partial charge in [0.15, 0.2) is 17.2 Å². The van der Waals surface area contributed by atoms with Crippen molar-refractivity contribution in [3.63, 3.8) is 0 Å². The number of benzene rings is 1. The van der Waals surface area contributed by atoms with Gasteiger partial charge in [0.25, 0.3) is 5.56 Å². The van der Waals surface area contributed by atoms with Crippen LogP contribution < -0.4 is 36.1 Å². The first kappa shape index (κ1) is 27.8. The third kappa shape index (κ3) is 6.80. The minimum atomic E-state index is -0.655. The van der Waals surface area contributed by atoms with E-state index in [0.29, 0.717) is 43.2 Å². The predicted octanol–water partition coefficient (Wildman–Crippen LogP) is 3.10. The van der Waals surface area contributed by atoms with Crippen molar-refractivity contribution in [3.8, 4) is 17.2 Å². The van der Waals surface area contributed by atoms with E-state index in [4.69, 9.17) is 19.9 Å². The number of aromatic nitrogens is 2. The van der Waals surface area contributed by atoms with E-state index in [0.717, 1.165) is 31.2 Å². The molecule has 2 aromatic rings. The number of nitrogens with two attached hydrogens (primary N) is 1. The molecule has 194 valence electrons. The van der Waals surface area contributed by atoms with Crippen molar-refractivity contribution in [2.24, 2.45) is 0 Å². The number of carbonyl (C=O) groups excluding carboxylic acids is 1. The van der Waals surface area contributed by atoms with Crippen LogP contribution in [-0.2, 0) is 17.8 Å². The summed E-state index contributed by atoms with van der Waals surface area (Å²) in [6.07, 6.45) is 4.64. The second-order valence-electron chi connectivity index (χ2n) is 8.28. The van der Waals surface area contributed by atoms with Crippen molar-refractivity contribution in [2.75, 3.05) is 38.5 Å². The molecule has 1 aromatic carbocycles. The van der Waals surface area contributed by atoms with Gasteiger partial charge in [-0.2, -0.15) is 0 Å². The van der Waals surface area contributed by atoms with E-state index >= 15 is 0 Å². The molecule has 0 atom stereocenters. The van der Waals surface area contributed by atoms with Crippen LogP contribution in [0.2, 0.25) is 0 Å². The van der Waals surface area contributed by atoms with Gasteiger partial charge in [-0.05, 0) is 37.0 Å². The molecular weight excluding hydrogens is 452 g/mol. The van der Waals surface area contributed by atoms with E-state index in [-0.39, 0.29) is 23.8 Å². The van der Waals surface area contributed by atoms with Gasteiger partial charge in [-0.15, -0.1) is 0 Å². The Balaban J connectivity index is 2.39. The fourth-order valence-corrected chi connectivity index (χ4v) is 3.92. The van der Waals surface area contributed by atoms with Gasteiger partial charge in [0.05, 0.1) is 21.3 Å². The number of nitrogens with zero attached hydrogens (tertiary/aromatic N) is 2. The van der Waals surface area contributed by atoms with Crippen LogP contribution in [-0.4, -0.2) is 43.3 Å². The Bertz CT molecular complexity index is 1080. The van der Waals surface area contributed by atoms with Crippen LogP contribution in [0.3, 0.4) is 0 Å². The molecule has 0 saturated heterocycles. The summed E-state index contributed by atoms with van der Waals surface area (Å²) in [6, 6.07) is 3.59. The summed E-state index contributed by atoms with van der Waals surface area (Å²) in [5.41, 5.74) is 5.91. The smallest absolute Gasteiger partial charge is 0.330 e. The molecule has 0 spiro atoms. The van der Waals surface area contributed by atoms with Gasteiger partial charge in [-0.1, -0.05) is 33.1 Å². The number of ether oxygens (including phenoxy) is 3. The lowest BCUT2D eigenvalue weighted by atomic mass is 10.1. The number of aryl methyl sites for hydroxylation is 1. The number of methoxy groups -OCH3 is 3. The Morgan fingerprint density at radius 2 is 1.63 bits per heavy atom. The van der Waals surface area contributed by atoms with Crippen molar-refractivity contribution in [2.45, 2.75) is 65.3 Å². The SMILES string of the molecule is CCCCCN(C(=O)CCc1cc(OC)c(OC)c(OC)c1)c1c(N)n(CCCC)c(=O)[nH]c1=O. The third-order valence-corrected chi connectivity index (χ3v) is 5.86. The first-order chi connectivity index (χ1) is 16.8. The number of amides is 1. The molecule has 10 heteroatoms. The minimum Gasteiger partial charge on any atom is -0.493 e. The van der Waals surface area contributed by atoms with Crippen molar-refractivity contribution in [3.05, 3.63) is 38.5 Å². The molecule has 0 bridgehead atoms. The van der Waals surface area contributed by atoms with Gasteiger partial charge >= 0.3 is 5.69 Å². The largest absolute Gasteiger partial charge is 0.493 e. The fraction of sp³-hybridized carbons (Fsp3) is 0.560. The Morgan fingerprint density at radius 1 is 1.00 bits per heavy atom. The third-order valence-electron chi connectivity index (χ3n) is 5.86. The maximum Gasteiger partial charge on any atom is 0.330 e. The van der Waals surface area contributed by atoms with Gasteiger partial charge in [-0.25, -0.2) is 4.79 Å². The number of H-pyrrole nitrogens is 1. The number of nitrogen functional groups attached to an aromatic ring is 1. The molecule has 0 aliphatic heterocycles. The molecule has 0 unspecified atom stereocenters. The monoisotopic (exact) mass is 490 g/mol. The summed E-state index contributed by atoms with van der Waals surface area (Å²) in [5, 5.41) is 0. The number of nitrogens with one attached hydrogen (secondary N) is 1. The maximum atomic E-state index is 13.4. The zero-order valence-corrected chi connectivity index (χ0v) is 21.4. The van der Waals surface area contributed by atoms with Crippen LogP contribution in [0.15, 0.2) is 21.7 Å². The Kier molecular flexibility index (Phi) is 10.7. The van der Waals surface area contributed by atoms with Crippen molar-refractivity contribution >= 4 is 17.4 Å². The molecule has 10 nitrogen and oxygen atoms in total. The normalized spacial score (nSPS) is 10.8. The van der Waals surface area contributed by atoms with Crippen molar-refractivity contribution in [1.82, 2.24) is 9.55 Å². The van der Waals surface area contributed by atoms with E-state index in [1.54, 1.807) is 12.1 Å². The fourth-order valence-electron chi connectivity index (χ4n) is 3.92. The molecule has 3 N–H and O–H groups in total. The molecule has 35 heavy (non-hydrogen) atoms. The zero-order valence-electron chi connectivity index (χ0n) is 21.4. The van der Waals surface area contributed by atoms with E-state index in [2.05, 4.69) is 11.9 Å². The Labute approximate surface area is 206 Å². The number of anilines is 2. The van der Waals surface area contributed by atoms with E-state index in [1.165, 1.54) is 30.8 Å². The predicted molar refractivity (Wildman–Crippen MR) is 137 cm³/mol. The summed E-state index contributed by atoms with van der Waals surface area (Å²) in [4.78, 5) is 42.3. The van der Waals surface area contributed by atoms with Crippen LogP contribution in [0.1, 0.15) is 57.9 Å². The molecule has 0 radical (unpaired) electrons. The number of aromatic amines is 1. The molecule has 1 amide bonds. The van der Waals surface area contributed by atoms with E-state index < -0.39 is 11.2 Å². The average molecular weight is 491 g/mol. The quantitative estimate of drug-likeness (QED) is 0.389. The van der Waals surface area contributed by atoms with Crippen LogP contribution >= 0.6 is 0 Å². The van der Waals surface area contributed by atoms with Crippen molar-refractivity contribution < 1.29 is 19.0 Å². The lowest BCUT2D eigenvalue weighted by Crippen LogP contribution is -2.41. The van der Waals surface area contributed by atoms with Crippen LogP contribution in [0, 0.1) is 0 Å². The standard InChI is InChI=1S/C25H38N4O6/c1-6-8-10-14-28(21-23(26)29(13-9-7-2)25(32)27-24(21)31)20(30)12-11-17-15-18(33-3)22(35-5)19(16-17)34-4/h15-16H,6-14,26H2,1-5H3,(H,27,31,32). The minimum absolute atomic E-state index is 0.0184. The van der Waals surface area contributed by atoms with Crippen LogP contribution in [0.4, 0.5) is 11.5 Å². The number of unbranched alkanes of at least 4 members (excludes halogenated alkanes) is 3. The highest BCUT2D eigenvalue weighted by Gasteiger charge is 2.24.